The number of sulfonamides is 1. The molecule has 0 aliphatic heterocycles. The van der Waals surface area contributed by atoms with Crippen molar-refractivity contribution in [2.75, 3.05) is 0 Å². The first-order valence-corrected chi connectivity index (χ1v) is 8.78. The van der Waals surface area contributed by atoms with Crippen molar-refractivity contribution < 1.29 is 12.8 Å². The van der Waals surface area contributed by atoms with Gasteiger partial charge in [0.05, 0.1) is 18.1 Å². The van der Waals surface area contributed by atoms with Crippen LogP contribution in [0.4, 0.5) is 4.39 Å². The molecular weight excluding hydrogens is 333 g/mol. The van der Waals surface area contributed by atoms with Gasteiger partial charge in [-0.25, -0.2) is 22.2 Å². The Kier molecular flexibility index (Phi) is 4.45. The summed E-state index contributed by atoms with van der Waals surface area (Å²) in [6.07, 6.45) is 5.95. The molecular formula is C15H16FN5O2S. The van der Waals surface area contributed by atoms with Gasteiger partial charge in [-0.15, -0.1) is 0 Å². The van der Waals surface area contributed by atoms with Gasteiger partial charge in [0.25, 0.3) is 0 Å². The number of nitrogens with one attached hydrogen (secondary N) is 1. The highest BCUT2D eigenvalue weighted by atomic mass is 32.2. The van der Waals surface area contributed by atoms with E-state index in [2.05, 4.69) is 14.9 Å². The first-order chi connectivity index (χ1) is 11.5. The standard InChI is InChI=1S/C15H16FN5O2S/c1-2-20-11-15(9-17-20)24(22,23)19-8-12-7-18-21(10-12)14-5-3-4-13(16)6-14/h3-7,9-11,19H,2,8H2,1H3. The molecule has 0 atom stereocenters. The average Bonchev–Trinajstić information content (AvgIpc) is 3.23. The highest BCUT2D eigenvalue weighted by molar-refractivity contribution is 7.89. The Hall–Kier alpha value is -2.52. The maximum absolute atomic E-state index is 13.2. The third kappa shape index (κ3) is 3.52. The third-order valence-electron chi connectivity index (χ3n) is 3.42. The summed E-state index contributed by atoms with van der Waals surface area (Å²) in [4.78, 5) is 0.113. The molecule has 3 aromatic rings. The van der Waals surface area contributed by atoms with E-state index in [-0.39, 0.29) is 17.3 Å². The van der Waals surface area contributed by atoms with Gasteiger partial charge in [0.2, 0.25) is 10.0 Å². The molecule has 0 unspecified atom stereocenters. The summed E-state index contributed by atoms with van der Waals surface area (Å²) in [6.45, 7) is 2.54. The Bertz CT molecular complexity index is 948. The van der Waals surface area contributed by atoms with Gasteiger partial charge in [-0.1, -0.05) is 6.07 Å². The number of hydrogen-bond donors (Lipinski definition) is 1. The molecule has 9 heteroatoms. The molecule has 0 radical (unpaired) electrons. The monoisotopic (exact) mass is 349 g/mol. The summed E-state index contributed by atoms with van der Waals surface area (Å²) in [5.74, 6) is -0.363. The van der Waals surface area contributed by atoms with Crippen LogP contribution in [0.2, 0.25) is 0 Å². The van der Waals surface area contributed by atoms with Crippen LogP contribution in [-0.4, -0.2) is 28.0 Å². The molecule has 126 valence electrons. The van der Waals surface area contributed by atoms with Crippen LogP contribution in [0.3, 0.4) is 0 Å². The van der Waals surface area contributed by atoms with E-state index in [0.717, 1.165) is 0 Å². The topological polar surface area (TPSA) is 81.8 Å². The summed E-state index contributed by atoms with van der Waals surface area (Å²) in [5.41, 5.74) is 1.22. The normalized spacial score (nSPS) is 11.8. The number of nitrogens with zero attached hydrogens (tertiary/aromatic N) is 4. The molecule has 2 heterocycles. The molecule has 0 bridgehead atoms. The van der Waals surface area contributed by atoms with Crippen LogP contribution in [0, 0.1) is 5.82 Å². The first-order valence-electron chi connectivity index (χ1n) is 7.29. The highest BCUT2D eigenvalue weighted by Gasteiger charge is 2.16. The Morgan fingerprint density at radius 3 is 2.75 bits per heavy atom. The lowest BCUT2D eigenvalue weighted by Crippen LogP contribution is -2.22. The van der Waals surface area contributed by atoms with E-state index in [4.69, 9.17) is 0 Å². The van der Waals surface area contributed by atoms with Gasteiger partial charge in [0.15, 0.2) is 0 Å². The Labute approximate surface area is 138 Å². The van der Waals surface area contributed by atoms with Gasteiger partial charge in [0, 0.05) is 31.0 Å². The number of aromatic nitrogens is 4. The van der Waals surface area contributed by atoms with Crippen molar-refractivity contribution in [1.82, 2.24) is 24.3 Å². The van der Waals surface area contributed by atoms with Gasteiger partial charge in [-0.3, -0.25) is 4.68 Å². The SMILES string of the molecule is CCn1cc(S(=O)(=O)NCc2cnn(-c3cccc(F)c3)c2)cn1. The van der Waals surface area contributed by atoms with Crippen LogP contribution in [0.15, 0.2) is 53.9 Å². The smallest absolute Gasteiger partial charge is 0.243 e. The van der Waals surface area contributed by atoms with Crippen molar-refractivity contribution in [2.24, 2.45) is 0 Å². The molecule has 0 amide bonds. The lowest BCUT2D eigenvalue weighted by molar-refractivity contribution is 0.581. The van der Waals surface area contributed by atoms with Crippen molar-refractivity contribution in [3.8, 4) is 5.69 Å². The van der Waals surface area contributed by atoms with Crippen molar-refractivity contribution >= 4 is 10.0 Å². The molecule has 1 N–H and O–H groups in total. The van der Waals surface area contributed by atoms with Gasteiger partial charge < -0.3 is 0 Å². The molecule has 0 fully saturated rings. The number of halogens is 1. The van der Waals surface area contributed by atoms with Crippen molar-refractivity contribution in [2.45, 2.75) is 24.9 Å². The molecule has 2 aromatic heterocycles. The summed E-state index contributed by atoms with van der Waals surface area (Å²) >= 11 is 0. The molecule has 3 rings (SSSR count). The lowest BCUT2D eigenvalue weighted by Gasteiger charge is -2.03. The summed E-state index contributed by atoms with van der Waals surface area (Å²) in [7, 11) is -3.64. The quantitative estimate of drug-likeness (QED) is 0.734. The second kappa shape index (κ2) is 6.54. The van der Waals surface area contributed by atoms with E-state index in [1.54, 1.807) is 18.3 Å². The largest absolute Gasteiger partial charge is 0.272 e. The fourth-order valence-corrected chi connectivity index (χ4v) is 3.10. The molecule has 0 saturated heterocycles. The van der Waals surface area contributed by atoms with E-state index in [1.165, 1.54) is 40.1 Å². The molecule has 0 saturated carbocycles. The predicted molar refractivity (Wildman–Crippen MR) is 85.4 cm³/mol. The van der Waals surface area contributed by atoms with Crippen LogP contribution in [0.5, 0.6) is 0 Å². The van der Waals surface area contributed by atoms with E-state index in [0.29, 0.717) is 17.8 Å². The molecule has 7 nitrogen and oxygen atoms in total. The zero-order valence-corrected chi connectivity index (χ0v) is 13.7. The second-order valence-electron chi connectivity index (χ2n) is 5.13. The fraction of sp³-hybridized carbons (Fsp3) is 0.200. The minimum Gasteiger partial charge on any atom is -0.272 e. The first kappa shape index (κ1) is 16.3. The van der Waals surface area contributed by atoms with Crippen LogP contribution in [-0.2, 0) is 23.1 Å². The van der Waals surface area contributed by atoms with Gasteiger partial charge >= 0.3 is 0 Å². The average molecular weight is 349 g/mol. The Morgan fingerprint density at radius 1 is 1.21 bits per heavy atom. The Morgan fingerprint density at radius 2 is 2.04 bits per heavy atom. The minimum atomic E-state index is -3.64. The summed E-state index contributed by atoms with van der Waals surface area (Å²) < 4.78 is 43.2. The molecule has 1 aromatic carbocycles. The van der Waals surface area contributed by atoms with Gasteiger partial charge in [0.1, 0.15) is 10.7 Å². The molecule has 0 aliphatic rings. The number of aryl methyl sites for hydroxylation is 1. The second-order valence-corrected chi connectivity index (χ2v) is 6.90. The summed E-state index contributed by atoms with van der Waals surface area (Å²) in [5, 5.41) is 8.07. The minimum absolute atomic E-state index is 0.0783. The maximum atomic E-state index is 13.2. The van der Waals surface area contributed by atoms with E-state index in [9.17, 15) is 12.8 Å². The van der Waals surface area contributed by atoms with Crippen LogP contribution in [0.1, 0.15) is 12.5 Å². The van der Waals surface area contributed by atoms with E-state index in [1.807, 2.05) is 6.92 Å². The van der Waals surface area contributed by atoms with Crippen LogP contribution >= 0.6 is 0 Å². The fourth-order valence-electron chi connectivity index (χ4n) is 2.13. The highest BCUT2D eigenvalue weighted by Crippen LogP contribution is 2.11. The maximum Gasteiger partial charge on any atom is 0.243 e. The van der Waals surface area contributed by atoms with E-state index < -0.39 is 10.0 Å². The van der Waals surface area contributed by atoms with Gasteiger partial charge in [-0.2, -0.15) is 10.2 Å². The molecule has 0 spiro atoms. The zero-order valence-electron chi connectivity index (χ0n) is 12.9. The van der Waals surface area contributed by atoms with Crippen molar-refractivity contribution in [1.29, 1.82) is 0 Å². The predicted octanol–water partition coefficient (Wildman–Crippen LogP) is 1.71. The van der Waals surface area contributed by atoms with E-state index >= 15 is 0 Å². The zero-order chi connectivity index (χ0) is 17.2. The lowest BCUT2D eigenvalue weighted by atomic mass is 10.3. The Balaban J connectivity index is 1.71. The molecule has 24 heavy (non-hydrogen) atoms. The van der Waals surface area contributed by atoms with Gasteiger partial charge in [-0.05, 0) is 25.1 Å². The summed E-state index contributed by atoms with van der Waals surface area (Å²) in [6, 6.07) is 5.99. The number of benzene rings is 1. The van der Waals surface area contributed by atoms with Crippen molar-refractivity contribution in [3.63, 3.8) is 0 Å². The van der Waals surface area contributed by atoms with Crippen LogP contribution < -0.4 is 4.72 Å². The third-order valence-corrected chi connectivity index (χ3v) is 4.77. The van der Waals surface area contributed by atoms with Crippen LogP contribution in [0.25, 0.3) is 5.69 Å². The van der Waals surface area contributed by atoms with Crippen molar-refractivity contribution in [3.05, 3.63) is 60.4 Å². The number of hydrogen-bond acceptors (Lipinski definition) is 4. The number of rotatable bonds is 6. The molecule has 0 aliphatic carbocycles.